The molecule has 0 fully saturated rings. The molecule has 0 aliphatic carbocycles. The van der Waals surface area contributed by atoms with Gasteiger partial charge in [0.2, 0.25) is 0 Å². The monoisotopic (exact) mass is 323 g/mol. The van der Waals surface area contributed by atoms with Crippen molar-refractivity contribution in [1.29, 1.82) is 0 Å². The van der Waals surface area contributed by atoms with Crippen LogP contribution in [-0.2, 0) is 6.42 Å². The molecule has 0 bridgehead atoms. The predicted molar refractivity (Wildman–Crippen MR) is 101 cm³/mol. The van der Waals surface area contributed by atoms with Gasteiger partial charge < -0.3 is 0 Å². The van der Waals surface area contributed by atoms with Gasteiger partial charge in [0, 0.05) is 17.3 Å². The second-order valence-electron chi connectivity index (χ2n) is 6.52. The molecule has 0 unspecified atom stereocenters. The Bertz CT molecular complexity index is 586. The van der Waals surface area contributed by atoms with Crippen LogP contribution in [0.15, 0.2) is 42.6 Å². The number of aromatic nitrogens is 1. The van der Waals surface area contributed by atoms with E-state index in [1.807, 2.05) is 12.1 Å². The summed E-state index contributed by atoms with van der Waals surface area (Å²) >= 11 is 0. The van der Waals surface area contributed by atoms with Crippen molar-refractivity contribution in [3.63, 3.8) is 0 Å². The van der Waals surface area contributed by atoms with Gasteiger partial charge in [-0.15, -0.1) is 0 Å². The summed E-state index contributed by atoms with van der Waals surface area (Å²) in [6.07, 6.45) is 14.5. The van der Waals surface area contributed by atoms with E-state index in [2.05, 4.69) is 36.2 Å². The first-order chi connectivity index (χ1) is 11.8. The van der Waals surface area contributed by atoms with E-state index in [1.165, 1.54) is 56.9 Å². The number of pyridine rings is 1. The smallest absolute Gasteiger partial charge is 0.151 e. The molecular formula is C22H29NO. The molecule has 2 aromatic rings. The highest BCUT2D eigenvalue weighted by atomic mass is 16.1. The Hall–Kier alpha value is -1.96. The Morgan fingerprint density at radius 3 is 2.08 bits per heavy atom. The third-order valence-electron chi connectivity index (χ3n) is 4.49. The molecule has 1 aromatic carbocycles. The molecule has 128 valence electrons. The first kappa shape index (κ1) is 18.4. The van der Waals surface area contributed by atoms with Gasteiger partial charge in [-0.1, -0.05) is 76.1 Å². The van der Waals surface area contributed by atoms with Crippen LogP contribution in [0.1, 0.15) is 74.2 Å². The van der Waals surface area contributed by atoms with E-state index in [4.69, 9.17) is 0 Å². The molecule has 0 saturated heterocycles. The Morgan fingerprint density at radius 2 is 1.50 bits per heavy atom. The molecule has 0 spiro atoms. The van der Waals surface area contributed by atoms with Crippen LogP contribution >= 0.6 is 0 Å². The Balaban J connectivity index is 1.71. The van der Waals surface area contributed by atoms with Crippen LogP contribution in [0.25, 0.3) is 11.3 Å². The molecule has 0 radical (unpaired) electrons. The molecule has 1 heterocycles. The number of hydrogen-bond donors (Lipinski definition) is 0. The summed E-state index contributed by atoms with van der Waals surface area (Å²) in [5, 5.41) is 0. The minimum Gasteiger partial charge on any atom is -0.298 e. The minimum atomic E-state index is 0.616. The lowest BCUT2D eigenvalue weighted by molar-refractivity contribution is 0.112. The lowest BCUT2D eigenvalue weighted by Gasteiger charge is -2.05. The topological polar surface area (TPSA) is 30.0 Å². The molecule has 2 rings (SSSR count). The largest absolute Gasteiger partial charge is 0.298 e. The van der Waals surface area contributed by atoms with Crippen LogP contribution in [0, 0.1) is 0 Å². The first-order valence-electron chi connectivity index (χ1n) is 9.34. The quantitative estimate of drug-likeness (QED) is 0.361. The third kappa shape index (κ3) is 6.27. The summed E-state index contributed by atoms with van der Waals surface area (Å²) < 4.78 is 0. The van der Waals surface area contributed by atoms with Crippen molar-refractivity contribution < 1.29 is 4.79 Å². The van der Waals surface area contributed by atoms with Gasteiger partial charge in [-0.3, -0.25) is 9.78 Å². The zero-order valence-corrected chi connectivity index (χ0v) is 14.8. The Labute approximate surface area is 146 Å². The number of unbranched alkanes of at least 4 members (excludes halogenated alkanes) is 7. The van der Waals surface area contributed by atoms with Crippen molar-refractivity contribution in [3.05, 3.63) is 53.7 Å². The SMILES string of the molecule is CCCCCCCCCCc1ccc(-c2ccc(C=O)cn2)cc1. The summed E-state index contributed by atoms with van der Waals surface area (Å²) in [4.78, 5) is 15.0. The zero-order valence-electron chi connectivity index (χ0n) is 14.8. The van der Waals surface area contributed by atoms with Crippen molar-refractivity contribution in [3.8, 4) is 11.3 Å². The molecule has 2 nitrogen and oxygen atoms in total. The fraction of sp³-hybridized carbons (Fsp3) is 0.455. The van der Waals surface area contributed by atoms with Crippen molar-refractivity contribution in [1.82, 2.24) is 4.98 Å². The highest BCUT2D eigenvalue weighted by Crippen LogP contribution is 2.19. The Kier molecular flexibility index (Phi) is 8.23. The third-order valence-corrected chi connectivity index (χ3v) is 4.49. The van der Waals surface area contributed by atoms with E-state index in [0.29, 0.717) is 5.56 Å². The average Bonchev–Trinajstić information content (AvgIpc) is 2.64. The molecule has 24 heavy (non-hydrogen) atoms. The summed E-state index contributed by atoms with van der Waals surface area (Å²) in [6.45, 7) is 2.27. The van der Waals surface area contributed by atoms with Gasteiger partial charge in [0.25, 0.3) is 0 Å². The lowest BCUT2D eigenvalue weighted by atomic mass is 10.0. The highest BCUT2D eigenvalue weighted by molar-refractivity contribution is 5.75. The molecule has 0 N–H and O–H groups in total. The fourth-order valence-corrected chi connectivity index (χ4v) is 2.95. The van der Waals surface area contributed by atoms with Crippen LogP contribution in [0.2, 0.25) is 0 Å². The number of benzene rings is 1. The van der Waals surface area contributed by atoms with Crippen LogP contribution in [0.5, 0.6) is 0 Å². The fourth-order valence-electron chi connectivity index (χ4n) is 2.95. The molecule has 2 heteroatoms. The molecule has 0 atom stereocenters. The summed E-state index contributed by atoms with van der Waals surface area (Å²) in [7, 11) is 0. The Morgan fingerprint density at radius 1 is 0.833 bits per heavy atom. The average molecular weight is 323 g/mol. The van der Waals surface area contributed by atoms with Gasteiger partial charge in [-0.25, -0.2) is 0 Å². The normalized spacial score (nSPS) is 10.7. The maximum atomic E-state index is 10.7. The zero-order chi connectivity index (χ0) is 17.0. The van der Waals surface area contributed by atoms with Crippen molar-refractivity contribution in [2.75, 3.05) is 0 Å². The van der Waals surface area contributed by atoms with E-state index in [1.54, 1.807) is 6.20 Å². The van der Waals surface area contributed by atoms with Gasteiger partial charge in [0.05, 0.1) is 5.69 Å². The predicted octanol–water partition coefficient (Wildman–Crippen LogP) is 6.24. The van der Waals surface area contributed by atoms with Crippen molar-refractivity contribution >= 4 is 6.29 Å². The van der Waals surface area contributed by atoms with E-state index < -0.39 is 0 Å². The van der Waals surface area contributed by atoms with Crippen molar-refractivity contribution in [2.24, 2.45) is 0 Å². The number of aldehydes is 1. The lowest BCUT2D eigenvalue weighted by Crippen LogP contribution is -1.89. The van der Waals surface area contributed by atoms with E-state index in [-0.39, 0.29) is 0 Å². The van der Waals surface area contributed by atoms with Crippen LogP contribution in [-0.4, -0.2) is 11.3 Å². The molecule has 0 aliphatic rings. The second-order valence-corrected chi connectivity index (χ2v) is 6.52. The number of nitrogens with zero attached hydrogens (tertiary/aromatic N) is 1. The van der Waals surface area contributed by atoms with Gasteiger partial charge in [-0.2, -0.15) is 0 Å². The van der Waals surface area contributed by atoms with Crippen molar-refractivity contribution in [2.45, 2.75) is 64.7 Å². The number of rotatable bonds is 11. The van der Waals surface area contributed by atoms with E-state index >= 15 is 0 Å². The van der Waals surface area contributed by atoms with Crippen LogP contribution in [0.3, 0.4) is 0 Å². The second kappa shape index (κ2) is 10.7. The van der Waals surface area contributed by atoms with Gasteiger partial charge in [-0.05, 0) is 30.5 Å². The molecule has 0 amide bonds. The standard InChI is InChI=1S/C22H29NO/c1-2-3-4-5-6-7-8-9-10-19-11-14-21(15-12-19)22-16-13-20(18-24)17-23-22/h11-18H,2-10H2,1H3. The number of carbonyl (C=O) groups is 1. The summed E-state index contributed by atoms with van der Waals surface area (Å²) in [5.74, 6) is 0. The molecule has 0 saturated carbocycles. The summed E-state index contributed by atoms with van der Waals surface area (Å²) in [6, 6.07) is 12.4. The van der Waals surface area contributed by atoms with Gasteiger partial charge in [0.15, 0.2) is 6.29 Å². The number of carbonyl (C=O) groups excluding carboxylic acids is 1. The number of hydrogen-bond acceptors (Lipinski definition) is 2. The molecule has 1 aromatic heterocycles. The first-order valence-corrected chi connectivity index (χ1v) is 9.34. The van der Waals surface area contributed by atoms with Crippen LogP contribution < -0.4 is 0 Å². The van der Waals surface area contributed by atoms with Gasteiger partial charge in [0.1, 0.15) is 0 Å². The van der Waals surface area contributed by atoms with Gasteiger partial charge >= 0.3 is 0 Å². The van der Waals surface area contributed by atoms with Crippen LogP contribution in [0.4, 0.5) is 0 Å². The number of aryl methyl sites for hydroxylation is 1. The maximum absolute atomic E-state index is 10.7. The summed E-state index contributed by atoms with van der Waals surface area (Å²) in [5.41, 5.74) is 4.03. The molecule has 0 aliphatic heterocycles. The molecular weight excluding hydrogens is 294 g/mol. The van der Waals surface area contributed by atoms with E-state index in [9.17, 15) is 4.79 Å². The van der Waals surface area contributed by atoms with E-state index in [0.717, 1.165) is 24.0 Å². The highest BCUT2D eigenvalue weighted by Gasteiger charge is 2.00. The maximum Gasteiger partial charge on any atom is 0.151 e. The minimum absolute atomic E-state index is 0.616.